The largest absolute Gasteiger partial charge is 0.0683 e. The molecule has 3 unspecified atom stereocenters. The van der Waals surface area contributed by atoms with Gasteiger partial charge in [-0.25, -0.2) is 0 Å². The van der Waals surface area contributed by atoms with Gasteiger partial charge in [-0.15, -0.1) is 0 Å². The first-order valence-corrected chi connectivity index (χ1v) is 5.61. The molecule has 0 aromatic carbocycles. The maximum atomic E-state index is 2.38. The van der Waals surface area contributed by atoms with Gasteiger partial charge in [-0.3, -0.25) is 0 Å². The van der Waals surface area contributed by atoms with E-state index in [4.69, 9.17) is 0 Å². The molecule has 0 heteroatoms. The molecule has 1 aliphatic rings. The lowest BCUT2D eigenvalue weighted by molar-refractivity contribution is 0.367. The molecular formula is C12H26. The van der Waals surface area contributed by atoms with Crippen molar-refractivity contribution in [1.29, 1.82) is 0 Å². The minimum absolute atomic E-state index is 0.882. The van der Waals surface area contributed by atoms with E-state index in [1.807, 2.05) is 13.8 Å². The second-order valence-corrected chi connectivity index (χ2v) is 4.43. The minimum Gasteiger partial charge on any atom is -0.0683 e. The molecule has 0 aromatic rings. The van der Waals surface area contributed by atoms with Crippen molar-refractivity contribution >= 4 is 0 Å². The van der Waals surface area contributed by atoms with Crippen LogP contribution in [-0.4, -0.2) is 0 Å². The quantitative estimate of drug-likeness (QED) is 0.590. The van der Waals surface area contributed by atoms with Crippen molar-refractivity contribution < 1.29 is 0 Å². The molecule has 1 rings (SSSR count). The van der Waals surface area contributed by atoms with Crippen LogP contribution in [0.1, 0.15) is 54.4 Å². The molecule has 0 spiro atoms. The molecule has 1 saturated carbocycles. The van der Waals surface area contributed by atoms with E-state index >= 15 is 0 Å². The normalized spacial score (nSPS) is 29.2. The van der Waals surface area contributed by atoms with Gasteiger partial charge in [-0.1, -0.05) is 41.5 Å². The number of hydrogen-bond acceptors (Lipinski definition) is 0. The molecule has 0 bridgehead atoms. The maximum Gasteiger partial charge on any atom is -0.0383 e. The van der Waals surface area contributed by atoms with Crippen LogP contribution >= 0.6 is 0 Å². The van der Waals surface area contributed by atoms with Crippen LogP contribution in [0, 0.1) is 23.7 Å². The van der Waals surface area contributed by atoms with E-state index in [9.17, 15) is 0 Å². The summed E-state index contributed by atoms with van der Waals surface area (Å²) in [6.07, 6.45) is 2.97. The highest BCUT2D eigenvalue weighted by Gasteiger charge is 2.33. The fraction of sp³-hybridized carbons (Fsp3) is 1.00. The molecule has 0 saturated heterocycles. The van der Waals surface area contributed by atoms with E-state index in [1.54, 1.807) is 0 Å². The van der Waals surface area contributed by atoms with Crippen molar-refractivity contribution in [3.05, 3.63) is 0 Å². The van der Waals surface area contributed by atoms with Crippen LogP contribution in [0.4, 0.5) is 0 Å². The van der Waals surface area contributed by atoms with Crippen LogP contribution in [0.25, 0.3) is 0 Å². The maximum absolute atomic E-state index is 2.38. The first-order chi connectivity index (χ1) is 5.61. The summed E-state index contributed by atoms with van der Waals surface area (Å²) < 4.78 is 0. The Morgan fingerprint density at radius 3 is 1.83 bits per heavy atom. The summed E-state index contributed by atoms with van der Waals surface area (Å²) in [6, 6.07) is 0. The van der Waals surface area contributed by atoms with Gasteiger partial charge in [-0.05, 0) is 36.5 Å². The standard InChI is InChI=1S/C10H20.C2H6/c1-7(2)8(3)5-10-6-9(10)4;1-2/h7-10H,5-6H2,1-4H3;1-2H3. The summed E-state index contributed by atoms with van der Waals surface area (Å²) in [5, 5.41) is 0. The highest BCUT2D eigenvalue weighted by molar-refractivity contribution is 4.83. The van der Waals surface area contributed by atoms with Gasteiger partial charge in [0.25, 0.3) is 0 Å². The summed E-state index contributed by atoms with van der Waals surface area (Å²) in [5.74, 6) is 3.95. The average molecular weight is 170 g/mol. The van der Waals surface area contributed by atoms with Gasteiger partial charge in [0.15, 0.2) is 0 Å². The molecule has 1 aliphatic carbocycles. The molecule has 0 amide bonds. The average Bonchev–Trinajstić information content (AvgIpc) is 2.70. The van der Waals surface area contributed by atoms with Crippen LogP contribution in [0.5, 0.6) is 0 Å². The zero-order valence-electron chi connectivity index (χ0n) is 9.72. The van der Waals surface area contributed by atoms with Gasteiger partial charge in [0.1, 0.15) is 0 Å². The first-order valence-electron chi connectivity index (χ1n) is 5.61. The van der Waals surface area contributed by atoms with Gasteiger partial charge >= 0.3 is 0 Å². The van der Waals surface area contributed by atoms with Crippen LogP contribution in [-0.2, 0) is 0 Å². The van der Waals surface area contributed by atoms with E-state index in [1.165, 1.54) is 12.8 Å². The second-order valence-electron chi connectivity index (χ2n) is 4.43. The highest BCUT2D eigenvalue weighted by atomic mass is 14.4. The van der Waals surface area contributed by atoms with Crippen molar-refractivity contribution in [1.82, 2.24) is 0 Å². The Morgan fingerprint density at radius 1 is 1.17 bits per heavy atom. The smallest absolute Gasteiger partial charge is 0.0383 e. The van der Waals surface area contributed by atoms with E-state index in [0.29, 0.717) is 0 Å². The SMILES string of the molecule is CC.CC(C)C(C)CC1CC1C. The Bertz CT molecular complexity index is 105. The van der Waals surface area contributed by atoms with Crippen molar-refractivity contribution in [3.8, 4) is 0 Å². The molecule has 0 aromatic heterocycles. The second kappa shape index (κ2) is 5.61. The Morgan fingerprint density at radius 2 is 1.58 bits per heavy atom. The molecule has 0 aliphatic heterocycles. The molecule has 1 fully saturated rings. The lowest BCUT2D eigenvalue weighted by Gasteiger charge is -2.14. The molecule has 0 heterocycles. The Balaban J connectivity index is 0.000000561. The number of rotatable bonds is 3. The summed E-state index contributed by atoms with van der Waals surface area (Å²) in [4.78, 5) is 0. The van der Waals surface area contributed by atoms with Crippen LogP contribution < -0.4 is 0 Å². The van der Waals surface area contributed by atoms with Gasteiger partial charge in [0.05, 0.1) is 0 Å². The highest BCUT2D eigenvalue weighted by Crippen LogP contribution is 2.43. The topological polar surface area (TPSA) is 0 Å². The third kappa shape index (κ3) is 4.13. The monoisotopic (exact) mass is 170 g/mol. The van der Waals surface area contributed by atoms with Gasteiger partial charge in [-0.2, -0.15) is 0 Å². The zero-order chi connectivity index (χ0) is 9.72. The third-order valence-corrected chi connectivity index (χ3v) is 3.09. The Hall–Kier alpha value is 0. The van der Waals surface area contributed by atoms with Crippen molar-refractivity contribution in [2.75, 3.05) is 0 Å². The van der Waals surface area contributed by atoms with E-state index in [-0.39, 0.29) is 0 Å². The molecule has 0 radical (unpaired) electrons. The zero-order valence-corrected chi connectivity index (χ0v) is 9.72. The van der Waals surface area contributed by atoms with Gasteiger partial charge < -0.3 is 0 Å². The summed E-state index contributed by atoms with van der Waals surface area (Å²) in [7, 11) is 0. The summed E-state index contributed by atoms with van der Waals surface area (Å²) in [6.45, 7) is 13.4. The van der Waals surface area contributed by atoms with E-state index < -0.39 is 0 Å². The van der Waals surface area contributed by atoms with Crippen LogP contribution in [0.15, 0.2) is 0 Å². The van der Waals surface area contributed by atoms with Crippen molar-refractivity contribution in [2.45, 2.75) is 54.4 Å². The Kier molecular flexibility index (Phi) is 5.61. The van der Waals surface area contributed by atoms with E-state index in [2.05, 4.69) is 27.7 Å². The van der Waals surface area contributed by atoms with E-state index in [0.717, 1.165) is 23.7 Å². The van der Waals surface area contributed by atoms with Crippen molar-refractivity contribution in [2.24, 2.45) is 23.7 Å². The minimum atomic E-state index is 0.882. The van der Waals surface area contributed by atoms with Crippen LogP contribution in [0.3, 0.4) is 0 Å². The molecular weight excluding hydrogens is 144 g/mol. The Labute approximate surface area is 78.8 Å². The fourth-order valence-electron chi connectivity index (χ4n) is 1.48. The van der Waals surface area contributed by atoms with Crippen molar-refractivity contribution in [3.63, 3.8) is 0 Å². The van der Waals surface area contributed by atoms with Crippen LogP contribution in [0.2, 0.25) is 0 Å². The molecule has 0 nitrogen and oxygen atoms in total. The van der Waals surface area contributed by atoms with Gasteiger partial charge in [0.2, 0.25) is 0 Å². The predicted molar refractivity (Wildman–Crippen MR) is 57.2 cm³/mol. The van der Waals surface area contributed by atoms with Gasteiger partial charge in [0, 0.05) is 0 Å². The summed E-state index contributed by atoms with van der Waals surface area (Å²) >= 11 is 0. The molecule has 74 valence electrons. The fourth-order valence-corrected chi connectivity index (χ4v) is 1.48. The predicted octanol–water partition coefficient (Wildman–Crippen LogP) is 4.35. The lowest BCUT2D eigenvalue weighted by atomic mass is 9.92. The lowest BCUT2D eigenvalue weighted by Crippen LogP contribution is -2.04. The first kappa shape index (κ1) is 12.0. The number of hydrogen-bond donors (Lipinski definition) is 0. The molecule has 0 N–H and O–H groups in total. The molecule has 12 heavy (non-hydrogen) atoms. The summed E-state index contributed by atoms with van der Waals surface area (Å²) in [5.41, 5.74) is 0. The third-order valence-electron chi connectivity index (χ3n) is 3.09. The molecule has 3 atom stereocenters.